The fraction of sp³-hybridized carbons (Fsp3) is 0.375. The van der Waals surface area contributed by atoms with Crippen molar-refractivity contribution >= 4 is 15.8 Å². The second-order valence-corrected chi connectivity index (χ2v) is 7.83. The molecule has 1 aliphatic heterocycles. The van der Waals surface area contributed by atoms with Gasteiger partial charge < -0.3 is 5.11 Å². The maximum Gasteiger partial charge on any atom is 0.0520 e. The van der Waals surface area contributed by atoms with E-state index in [4.69, 9.17) is 0 Å². The highest BCUT2D eigenvalue weighted by Gasteiger charge is 2.23. The summed E-state index contributed by atoms with van der Waals surface area (Å²) in [6.45, 7) is 4.96. The van der Waals surface area contributed by atoms with Gasteiger partial charge in [-0.25, -0.2) is 0 Å². The molecule has 1 aromatic rings. The second kappa shape index (κ2) is 6.42. The first-order chi connectivity index (χ1) is 9.15. The summed E-state index contributed by atoms with van der Waals surface area (Å²) in [5, 5.41) is 14.2. The Hall–Kier alpha value is -1.03. The maximum atomic E-state index is 9.52. The van der Waals surface area contributed by atoms with Gasteiger partial charge in [-0.3, -0.25) is 4.72 Å². The summed E-state index contributed by atoms with van der Waals surface area (Å²) in [6, 6.07) is 10.5. The highest BCUT2D eigenvalue weighted by atomic mass is 32.3. The lowest BCUT2D eigenvalue weighted by atomic mass is 10.1. The molecule has 0 bridgehead atoms. The molecule has 1 aromatic carbocycles. The monoisotopic (exact) mass is 277 g/mol. The van der Waals surface area contributed by atoms with Gasteiger partial charge in [0.25, 0.3) is 0 Å². The molecule has 2 unspecified atom stereocenters. The van der Waals surface area contributed by atoms with Crippen LogP contribution in [0.5, 0.6) is 0 Å². The van der Waals surface area contributed by atoms with Crippen LogP contribution in [0.25, 0.3) is 5.57 Å². The van der Waals surface area contributed by atoms with Crippen molar-refractivity contribution in [3.63, 3.8) is 0 Å². The molecule has 0 spiro atoms. The Balaban J connectivity index is 2.19. The van der Waals surface area contributed by atoms with Gasteiger partial charge in [-0.1, -0.05) is 37.3 Å². The molecule has 2 rings (SSSR count). The van der Waals surface area contributed by atoms with Crippen LogP contribution in [0, 0.1) is 0 Å². The molecule has 19 heavy (non-hydrogen) atoms. The van der Waals surface area contributed by atoms with Gasteiger partial charge in [-0.2, -0.15) is 0 Å². The lowest BCUT2D eigenvalue weighted by molar-refractivity contribution is 0.192. The highest BCUT2D eigenvalue weighted by molar-refractivity contribution is 8.37. The summed E-state index contributed by atoms with van der Waals surface area (Å²) >= 11 is 0. The summed E-state index contributed by atoms with van der Waals surface area (Å²) in [6.07, 6.45) is 2.83. The van der Waals surface area contributed by atoms with Crippen molar-refractivity contribution in [1.29, 1.82) is 0 Å². The van der Waals surface area contributed by atoms with E-state index in [9.17, 15) is 5.11 Å². The average Bonchev–Trinajstić information content (AvgIpc) is 2.83. The fourth-order valence-electron chi connectivity index (χ4n) is 2.22. The number of nitrogens with one attached hydrogen (secondary N) is 1. The summed E-state index contributed by atoms with van der Waals surface area (Å²) < 4.78 is 3.62. The predicted octanol–water partition coefficient (Wildman–Crippen LogP) is 3.65. The van der Waals surface area contributed by atoms with E-state index in [-0.39, 0.29) is 6.10 Å². The Morgan fingerprint density at radius 1 is 1.26 bits per heavy atom. The summed E-state index contributed by atoms with van der Waals surface area (Å²) in [5.41, 5.74) is 2.56. The van der Waals surface area contributed by atoms with E-state index in [2.05, 4.69) is 52.8 Å². The molecule has 0 radical (unpaired) electrons. The Kier molecular flexibility index (Phi) is 4.86. The van der Waals surface area contributed by atoms with Crippen LogP contribution in [0.3, 0.4) is 0 Å². The zero-order chi connectivity index (χ0) is 13.7. The molecule has 0 aliphatic carbocycles. The molecular formula is C16H23NOS. The lowest BCUT2D eigenvalue weighted by Crippen LogP contribution is -2.20. The van der Waals surface area contributed by atoms with Crippen LogP contribution in [0.15, 0.2) is 47.2 Å². The standard InChI is InChI=1S/C16H23NOS/c1-3-17-19(11-9-14(2)18)12-10-16(13-19)15-7-5-4-6-8-15/h4-8,10,12-14,17-18H,3,9,11H2,1-2H3. The largest absolute Gasteiger partial charge is 0.393 e. The van der Waals surface area contributed by atoms with Crippen molar-refractivity contribution in [1.82, 2.24) is 4.72 Å². The molecule has 2 atom stereocenters. The molecule has 0 saturated heterocycles. The Morgan fingerprint density at radius 2 is 2.00 bits per heavy atom. The zero-order valence-corrected chi connectivity index (χ0v) is 12.5. The van der Waals surface area contributed by atoms with E-state index in [1.807, 2.05) is 13.0 Å². The number of allylic oxidation sites excluding steroid dienone is 2. The molecule has 3 heteroatoms. The van der Waals surface area contributed by atoms with Crippen molar-refractivity contribution in [3.05, 3.63) is 52.8 Å². The van der Waals surface area contributed by atoms with Gasteiger partial charge in [0.1, 0.15) is 0 Å². The van der Waals surface area contributed by atoms with E-state index in [1.54, 1.807) is 0 Å². The Labute approximate surface area is 117 Å². The lowest BCUT2D eigenvalue weighted by Gasteiger charge is -2.33. The average molecular weight is 277 g/mol. The van der Waals surface area contributed by atoms with Gasteiger partial charge in [-0.15, -0.1) is 10.2 Å². The van der Waals surface area contributed by atoms with Gasteiger partial charge in [0.2, 0.25) is 0 Å². The molecule has 2 N–H and O–H groups in total. The maximum absolute atomic E-state index is 9.52. The predicted molar refractivity (Wildman–Crippen MR) is 86.0 cm³/mol. The highest BCUT2D eigenvalue weighted by Crippen LogP contribution is 2.54. The molecule has 1 heterocycles. The Morgan fingerprint density at radius 3 is 2.63 bits per heavy atom. The third kappa shape index (κ3) is 3.72. The molecular weight excluding hydrogens is 254 g/mol. The number of rotatable bonds is 6. The number of aliphatic hydroxyl groups is 1. The van der Waals surface area contributed by atoms with Crippen LogP contribution < -0.4 is 4.72 Å². The first kappa shape index (κ1) is 14.4. The van der Waals surface area contributed by atoms with Crippen LogP contribution in [0.1, 0.15) is 25.8 Å². The van der Waals surface area contributed by atoms with Gasteiger partial charge in [0.15, 0.2) is 0 Å². The summed E-state index contributed by atoms with van der Waals surface area (Å²) in [7, 11) is -1.06. The van der Waals surface area contributed by atoms with Gasteiger partial charge >= 0.3 is 0 Å². The van der Waals surface area contributed by atoms with Gasteiger partial charge in [0.05, 0.1) is 6.10 Å². The van der Waals surface area contributed by atoms with Crippen molar-refractivity contribution in [2.75, 3.05) is 12.3 Å². The molecule has 0 amide bonds. The van der Waals surface area contributed by atoms with Crippen LogP contribution in [-0.2, 0) is 0 Å². The summed E-state index contributed by atoms with van der Waals surface area (Å²) in [4.78, 5) is 0. The minimum atomic E-state index is -1.06. The fourth-order valence-corrected chi connectivity index (χ4v) is 5.20. The molecule has 0 aromatic heterocycles. The third-order valence-electron chi connectivity index (χ3n) is 3.22. The van der Waals surface area contributed by atoms with E-state index in [0.717, 1.165) is 18.7 Å². The van der Waals surface area contributed by atoms with Crippen molar-refractivity contribution in [2.45, 2.75) is 26.4 Å². The van der Waals surface area contributed by atoms with E-state index in [1.165, 1.54) is 11.1 Å². The minimum Gasteiger partial charge on any atom is -0.393 e. The van der Waals surface area contributed by atoms with E-state index < -0.39 is 10.2 Å². The van der Waals surface area contributed by atoms with Gasteiger partial charge in [0, 0.05) is 6.54 Å². The van der Waals surface area contributed by atoms with Crippen molar-refractivity contribution < 1.29 is 5.11 Å². The van der Waals surface area contributed by atoms with Crippen LogP contribution in [0.2, 0.25) is 0 Å². The second-order valence-electron chi connectivity index (χ2n) is 4.93. The Bertz CT molecular complexity index is 467. The SMILES string of the molecule is CCNS1(CCC(C)O)C=CC(c2ccccc2)=C1. The van der Waals surface area contributed by atoms with Crippen LogP contribution >= 0.6 is 10.2 Å². The first-order valence-electron chi connectivity index (χ1n) is 6.84. The van der Waals surface area contributed by atoms with Crippen molar-refractivity contribution in [2.24, 2.45) is 0 Å². The smallest absolute Gasteiger partial charge is 0.0520 e. The first-order valence-corrected chi connectivity index (χ1v) is 8.77. The zero-order valence-electron chi connectivity index (χ0n) is 11.7. The number of hydrogen-bond donors (Lipinski definition) is 2. The van der Waals surface area contributed by atoms with Gasteiger partial charge in [-0.05, 0) is 47.1 Å². The quantitative estimate of drug-likeness (QED) is 0.832. The molecule has 0 fully saturated rings. The minimum absolute atomic E-state index is 0.231. The molecule has 1 aliphatic rings. The van der Waals surface area contributed by atoms with Crippen LogP contribution in [0.4, 0.5) is 0 Å². The topological polar surface area (TPSA) is 32.3 Å². The molecule has 2 nitrogen and oxygen atoms in total. The molecule has 104 valence electrons. The van der Waals surface area contributed by atoms with Crippen LogP contribution in [-0.4, -0.2) is 23.5 Å². The van der Waals surface area contributed by atoms with E-state index >= 15 is 0 Å². The number of benzene rings is 1. The molecule has 0 saturated carbocycles. The number of hydrogen-bond acceptors (Lipinski definition) is 2. The third-order valence-corrected chi connectivity index (χ3v) is 6.25. The normalized spacial score (nSPS) is 26.8. The van der Waals surface area contributed by atoms with E-state index in [0.29, 0.717) is 0 Å². The summed E-state index contributed by atoms with van der Waals surface area (Å²) in [5.74, 6) is 1.01. The number of aliphatic hydroxyl groups excluding tert-OH is 1. The van der Waals surface area contributed by atoms with Crippen molar-refractivity contribution in [3.8, 4) is 0 Å².